The van der Waals surface area contributed by atoms with Gasteiger partial charge < -0.3 is 28.7 Å². The van der Waals surface area contributed by atoms with Crippen LogP contribution in [0.5, 0.6) is 11.5 Å². The molecule has 0 radical (unpaired) electrons. The van der Waals surface area contributed by atoms with Crippen molar-refractivity contribution in [2.45, 2.75) is 57.2 Å². The van der Waals surface area contributed by atoms with Crippen molar-refractivity contribution in [3.63, 3.8) is 0 Å². The van der Waals surface area contributed by atoms with E-state index in [9.17, 15) is 4.79 Å². The summed E-state index contributed by atoms with van der Waals surface area (Å²) in [6, 6.07) is 14.8. The predicted octanol–water partition coefficient (Wildman–Crippen LogP) is 5.27. The monoisotopic (exact) mass is 524 g/mol. The molecular weight excluding hydrogens is 480 g/mol. The number of methoxy groups -OCH3 is 2. The fraction of sp³-hybridized carbons (Fsp3) is 0.581. The van der Waals surface area contributed by atoms with Crippen molar-refractivity contribution in [3.05, 3.63) is 53.6 Å². The Balaban J connectivity index is 1.44. The minimum Gasteiger partial charge on any atom is -0.497 e. The molecule has 0 aromatic heterocycles. The van der Waals surface area contributed by atoms with E-state index in [1.165, 1.54) is 5.56 Å². The van der Waals surface area contributed by atoms with Gasteiger partial charge in [0.2, 0.25) is 5.91 Å². The van der Waals surface area contributed by atoms with E-state index in [-0.39, 0.29) is 12.0 Å². The Morgan fingerprint density at radius 3 is 2.66 bits per heavy atom. The van der Waals surface area contributed by atoms with Crippen molar-refractivity contribution in [2.75, 3.05) is 59.5 Å². The van der Waals surface area contributed by atoms with Gasteiger partial charge in [-0.25, -0.2) is 0 Å². The second-order valence-corrected chi connectivity index (χ2v) is 10.7. The van der Waals surface area contributed by atoms with Crippen LogP contribution in [0.2, 0.25) is 0 Å². The summed E-state index contributed by atoms with van der Waals surface area (Å²) in [6.45, 7) is 3.88. The quantitative estimate of drug-likeness (QED) is 0.353. The molecule has 0 saturated heterocycles. The molecule has 1 aliphatic heterocycles. The van der Waals surface area contributed by atoms with E-state index in [1.54, 1.807) is 19.1 Å². The summed E-state index contributed by atoms with van der Waals surface area (Å²) in [5, 5.41) is 0. The predicted molar refractivity (Wildman–Crippen MR) is 150 cm³/mol. The number of rotatable bonds is 12. The first-order valence-electron chi connectivity index (χ1n) is 13.9. The van der Waals surface area contributed by atoms with Gasteiger partial charge in [0.1, 0.15) is 18.1 Å². The number of amides is 1. The third-order valence-corrected chi connectivity index (χ3v) is 7.93. The third kappa shape index (κ3) is 7.41. The summed E-state index contributed by atoms with van der Waals surface area (Å²) in [4.78, 5) is 16.3. The van der Waals surface area contributed by atoms with Gasteiger partial charge in [0.25, 0.3) is 0 Å². The summed E-state index contributed by atoms with van der Waals surface area (Å²) in [5.41, 5.74) is 3.59. The van der Waals surface area contributed by atoms with Crippen LogP contribution in [0.4, 0.5) is 5.69 Å². The minimum atomic E-state index is 0.134. The highest BCUT2D eigenvalue weighted by molar-refractivity contribution is 5.75. The number of hydrogen-bond acceptors (Lipinski definition) is 6. The first-order chi connectivity index (χ1) is 18.5. The summed E-state index contributed by atoms with van der Waals surface area (Å²) < 4.78 is 23.2. The maximum Gasteiger partial charge on any atom is 0.222 e. The number of fused-ring (bicyclic) bond motifs is 1. The molecule has 208 valence electrons. The first-order valence-corrected chi connectivity index (χ1v) is 13.9. The normalized spacial score (nSPS) is 20.9. The third-order valence-electron chi connectivity index (χ3n) is 7.93. The van der Waals surface area contributed by atoms with Crippen LogP contribution in [-0.4, -0.2) is 71.5 Å². The van der Waals surface area contributed by atoms with Gasteiger partial charge in [0, 0.05) is 46.7 Å². The molecule has 1 amide bonds. The van der Waals surface area contributed by atoms with Crippen molar-refractivity contribution in [2.24, 2.45) is 5.92 Å². The highest BCUT2D eigenvalue weighted by Crippen LogP contribution is 2.41. The number of carbonyl (C=O) groups excluding carboxylic acids is 1. The lowest BCUT2D eigenvalue weighted by molar-refractivity contribution is -0.129. The van der Waals surface area contributed by atoms with Gasteiger partial charge in [-0.3, -0.25) is 4.79 Å². The van der Waals surface area contributed by atoms with Gasteiger partial charge in [-0.05, 0) is 73.4 Å². The van der Waals surface area contributed by atoms with Crippen LogP contribution < -0.4 is 14.4 Å². The molecule has 3 atom stereocenters. The number of nitrogens with zero attached hydrogens (tertiary/aromatic N) is 2. The molecule has 7 nitrogen and oxygen atoms in total. The molecule has 0 bridgehead atoms. The number of carbonyl (C=O) groups is 1. The second-order valence-electron chi connectivity index (χ2n) is 10.7. The van der Waals surface area contributed by atoms with E-state index in [2.05, 4.69) is 35.2 Å². The van der Waals surface area contributed by atoms with E-state index < -0.39 is 0 Å². The summed E-state index contributed by atoms with van der Waals surface area (Å²) in [5.74, 6) is 2.83. The Morgan fingerprint density at radius 1 is 1.11 bits per heavy atom. The zero-order valence-corrected chi connectivity index (χ0v) is 23.5. The Kier molecular flexibility index (Phi) is 10.3. The number of ether oxygens (including phenoxy) is 4. The van der Waals surface area contributed by atoms with Crippen molar-refractivity contribution in [1.82, 2.24) is 4.90 Å². The SMILES string of the molecule is COCCCN1CCOc2ccc(CO[C@H]3CC[C@H](CCC(=O)N(C)C)C[C@@H]3c3ccc(OC)cc3)cc21. The van der Waals surface area contributed by atoms with Crippen LogP contribution in [-0.2, 0) is 20.9 Å². The van der Waals surface area contributed by atoms with Crippen molar-refractivity contribution in [3.8, 4) is 11.5 Å². The second kappa shape index (κ2) is 13.9. The average molecular weight is 525 g/mol. The van der Waals surface area contributed by atoms with Crippen LogP contribution >= 0.6 is 0 Å². The molecule has 1 aliphatic carbocycles. The van der Waals surface area contributed by atoms with Crippen molar-refractivity contribution in [1.29, 1.82) is 0 Å². The molecule has 0 N–H and O–H groups in total. The zero-order chi connectivity index (χ0) is 26.9. The molecule has 0 unspecified atom stereocenters. The number of anilines is 1. The standard InChI is InChI=1S/C31H44N2O5/c1-32(2)31(34)15-8-23-6-13-29(27(20-23)25-9-11-26(36-4)12-10-25)38-22-24-7-14-30-28(21-24)33(17-19-37-30)16-5-18-35-3/h7,9-12,14,21,23,27,29H,5-6,8,13,15-20,22H2,1-4H3/t23-,27-,29+/m1/s1. The average Bonchev–Trinajstić information content (AvgIpc) is 2.95. The molecular formula is C31H44N2O5. The lowest BCUT2D eigenvalue weighted by atomic mass is 9.74. The largest absolute Gasteiger partial charge is 0.497 e. The lowest BCUT2D eigenvalue weighted by Gasteiger charge is -2.37. The van der Waals surface area contributed by atoms with Crippen LogP contribution in [0.25, 0.3) is 0 Å². The number of hydrogen-bond donors (Lipinski definition) is 0. The topological polar surface area (TPSA) is 60.5 Å². The van der Waals surface area contributed by atoms with Crippen molar-refractivity contribution < 1.29 is 23.7 Å². The molecule has 1 fully saturated rings. The van der Waals surface area contributed by atoms with Crippen LogP contribution in [0.15, 0.2) is 42.5 Å². The van der Waals surface area contributed by atoms with Crippen LogP contribution in [0, 0.1) is 5.92 Å². The minimum absolute atomic E-state index is 0.134. The molecule has 2 aromatic carbocycles. The molecule has 1 saturated carbocycles. The molecule has 2 aromatic rings. The first kappa shape index (κ1) is 28.2. The van der Waals surface area contributed by atoms with Gasteiger partial charge in [0.05, 0.1) is 32.1 Å². The van der Waals surface area contributed by atoms with Gasteiger partial charge >= 0.3 is 0 Å². The fourth-order valence-corrected chi connectivity index (χ4v) is 5.69. The van der Waals surface area contributed by atoms with E-state index in [0.717, 1.165) is 74.6 Å². The highest BCUT2D eigenvalue weighted by Gasteiger charge is 2.33. The van der Waals surface area contributed by atoms with E-state index in [1.807, 2.05) is 26.2 Å². The van der Waals surface area contributed by atoms with Gasteiger partial charge in [-0.2, -0.15) is 0 Å². The van der Waals surface area contributed by atoms with E-state index in [4.69, 9.17) is 18.9 Å². The molecule has 7 heteroatoms. The molecule has 38 heavy (non-hydrogen) atoms. The summed E-state index contributed by atoms with van der Waals surface area (Å²) >= 11 is 0. The zero-order valence-electron chi connectivity index (χ0n) is 23.5. The smallest absolute Gasteiger partial charge is 0.222 e. The fourth-order valence-electron chi connectivity index (χ4n) is 5.69. The lowest BCUT2D eigenvalue weighted by Crippen LogP contribution is -2.34. The summed E-state index contributed by atoms with van der Waals surface area (Å²) in [6.07, 6.45) is 5.77. The molecule has 1 heterocycles. The molecule has 0 spiro atoms. The Bertz CT molecular complexity index is 1030. The molecule has 4 rings (SSSR count). The number of benzene rings is 2. The van der Waals surface area contributed by atoms with Gasteiger partial charge in [-0.15, -0.1) is 0 Å². The Morgan fingerprint density at radius 2 is 1.92 bits per heavy atom. The Labute approximate surface area is 228 Å². The highest BCUT2D eigenvalue weighted by atomic mass is 16.5. The molecule has 2 aliphatic rings. The summed E-state index contributed by atoms with van der Waals surface area (Å²) in [7, 11) is 7.11. The Hall–Kier alpha value is -2.77. The van der Waals surface area contributed by atoms with Crippen molar-refractivity contribution >= 4 is 11.6 Å². The van der Waals surface area contributed by atoms with E-state index in [0.29, 0.717) is 31.5 Å². The van der Waals surface area contributed by atoms with Crippen LogP contribution in [0.1, 0.15) is 55.6 Å². The maximum atomic E-state index is 12.2. The van der Waals surface area contributed by atoms with Gasteiger partial charge in [-0.1, -0.05) is 18.2 Å². The maximum absolute atomic E-state index is 12.2. The van der Waals surface area contributed by atoms with E-state index >= 15 is 0 Å². The van der Waals surface area contributed by atoms with Gasteiger partial charge in [0.15, 0.2) is 0 Å². The van der Waals surface area contributed by atoms with Crippen LogP contribution in [0.3, 0.4) is 0 Å².